The Morgan fingerprint density at radius 2 is 1.42 bits per heavy atom. The van der Waals surface area contributed by atoms with Crippen LogP contribution in [0.5, 0.6) is 0 Å². The Morgan fingerprint density at radius 3 is 1.87 bits per heavy atom. The van der Waals surface area contributed by atoms with Crippen LogP contribution < -0.4 is 10.6 Å². The Kier molecular flexibility index (Phi) is 21.7. The monoisotopic (exact) mass is 486 g/mol. The molecule has 0 saturated carbocycles. The number of alkyl carbamates (subject to hydrolysis) is 2. The van der Waals surface area contributed by atoms with Gasteiger partial charge < -0.3 is 20.1 Å². The Labute approximate surface area is 201 Å². The second-order valence-electron chi connectivity index (χ2n) is 7.47. The number of unbranched alkanes of at least 4 members (excludes halogenated alkanes) is 2. The van der Waals surface area contributed by atoms with Crippen LogP contribution in [0.1, 0.15) is 65.7 Å². The fourth-order valence-electron chi connectivity index (χ4n) is 3.51. The lowest BCUT2D eigenvalue weighted by Gasteiger charge is -2.42. The van der Waals surface area contributed by atoms with Gasteiger partial charge in [-0.1, -0.05) is 33.6 Å². The Hall–Kier alpha value is -0.960. The molecule has 1 heterocycles. The minimum absolute atomic E-state index is 0. The Balaban J connectivity index is 0. The molecule has 0 aromatic heterocycles. The summed E-state index contributed by atoms with van der Waals surface area (Å²) in [5, 5.41) is 5.54. The highest BCUT2D eigenvalue weighted by Gasteiger charge is 2.27. The summed E-state index contributed by atoms with van der Waals surface area (Å²) >= 11 is 0. The molecule has 0 spiro atoms. The molecular formula is C21H44Cl2N4O4. The van der Waals surface area contributed by atoms with Crippen molar-refractivity contribution in [2.75, 3.05) is 52.5 Å². The van der Waals surface area contributed by atoms with Crippen LogP contribution in [0.25, 0.3) is 0 Å². The van der Waals surface area contributed by atoms with Gasteiger partial charge in [0, 0.05) is 26.2 Å². The zero-order chi connectivity index (χ0) is 21.3. The third kappa shape index (κ3) is 14.7. The third-order valence-electron chi connectivity index (χ3n) is 5.23. The molecule has 1 rings (SSSR count). The summed E-state index contributed by atoms with van der Waals surface area (Å²) in [6.07, 6.45) is 7.04. The molecule has 2 N–H and O–H groups in total. The van der Waals surface area contributed by atoms with Crippen molar-refractivity contribution in [3.05, 3.63) is 0 Å². The fraction of sp³-hybridized carbons (Fsp3) is 0.905. The molecule has 1 unspecified atom stereocenters. The smallest absolute Gasteiger partial charge is 0.407 e. The van der Waals surface area contributed by atoms with Gasteiger partial charge in [0.2, 0.25) is 0 Å². The van der Waals surface area contributed by atoms with Gasteiger partial charge in [0.05, 0.1) is 6.17 Å². The van der Waals surface area contributed by atoms with Crippen LogP contribution in [-0.4, -0.2) is 80.6 Å². The van der Waals surface area contributed by atoms with E-state index in [9.17, 15) is 9.59 Å². The van der Waals surface area contributed by atoms with E-state index in [1.807, 2.05) is 0 Å². The molecule has 10 heteroatoms. The molecule has 1 aliphatic rings. The number of carbonyl (C=O) groups excluding carboxylic acids is 2. The van der Waals surface area contributed by atoms with Gasteiger partial charge in [-0.2, -0.15) is 0 Å². The predicted octanol–water partition coefficient (Wildman–Crippen LogP) is 4.02. The van der Waals surface area contributed by atoms with Gasteiger partial charge in [0.1, 0.15) is 13.2 Å². The first-order valence-corrected chi connectivity index (χ1v) is 11.4. The van der Waals surface area contributed by atoms with Gasteiger partial charge in [0.25, 0.3) is 0 Å². The maximum absolute atomic E-state index is 11.8. The van der Waals surface area contributed by atoms with E-state index in [4.69, 9.17) is 9.47 Å². The number of halogens is 2. The van der Waals surface area contributed by atoms with E-state index >= 15 is 0 Å². The molecule has 1 fully saturated rings. The molecule has 1 saturated heterocycles. The summed E-state index contributed by atoms with van der Waals surface area (Å²) in [5.41, 5.74) is 0. The van der Waals surface area contributed by atoms with Gasteiger partial charge in [-0.25, -0.2) is 9.59 Å². The average Bonchev–Trinajstić information content (AvgIpc) is 2.73. The van der Waals surface area contributed by atoms with Gasteiger partial charge in [-0.05, 0) is 45.2 Å². The van der Waals surface area contributed by atoms with E-state index in [1.54, 1.807) is 0 Å². The minimum Gasteiger partial charge on any atom is -0.448 e. The molecule has 8 nitrogen and oxygen atoms in total. The Morgan fingerprint density at radius 1 is 0.903 bits per heavy atom. The molecule has 0 radical (unpaired) electrons. The standard InChI is InChI=1S/C21H42N4O4.2ClH/c1-4-7-12-22-20(26)28-17-15-25(19-11-9-10-14-24(19)6-3)16-18-29-21(27)23-13-8-5-2;;/h19H,4-18H2,1-3H3,(H,22,26)(H,23,27);2*1H. The number of hydrogen-bond acceptors (Lipinski definition) is 6. The number of piperidine rings is 1. The summed E-state index contributed by atoms with van der Waals surface area (Å²) in [7, 11) is 0. The molecular weight excluding hydrogens is 443 g/mol. The van der Waals surface area contributed by atoms with E-state index in [1.165, 1.54) is 12.8 Å². The van der Waals surface area contributed by atoms with Crippen LogP contribution in [0.3, 0.4) is 0 Å². The van der Waals surface area contributed by atoms with Gasteiger partial charge in [-0.15, -0.1) is 24.8 Å². The van der Waals surface area contributed by atoms with Crippen molar-refractivity contribution in [2.24, 2.45) is 0 Å². The van der Waals surface area contributed by atoms with Crippen molar-refractivity contribution in [2.45, 2.75) is 71.9 Å². The number of rotatable bonds is 14. The summed E-state index contributed by atoms with van der Waals surface area (Å²) in [4.78, 5) is 28.3. The predicted molar refractivity (Wildman–Crippen MR) is 129 cm³/mol. The lowest BCUT2D eigenvalue weighted by molar-refractivity contribution is -0.00406. The molecule has 1 aliphatic heterocycles. The Bertz CT molecular complexity index is 433. The van der Waals surface area contributed by atoms with Crippen LogP contribution in [0.2, 0.25) is 0 Å². The normalized spacial score (nSPS) is 16.1. The number of nitrogens with one attached hydrogen (secondary N) is 2. The van der Waals surface area contributed by atoms with Crippen LogP contribution in [0, 0.1) is 0 Å². The van der Waals surface area contributed by atoms with Crippen LogP contribution in [0.15, 0.2) is 0 Å². The van der Waals surface area contributed by atoms with Crippen molar-refractivity contribution in [1.82, 2.24) is 20.4 Å². The summed E-state index contributed by atoms with van der Waals surface area (Å²) in [6, 6.07) is 0. The fourth-order valence-corrected chi connectivity index (χ4v) is 3.51. The van der Waals surface area contributed by atoms with Gasteiger partial charge in [-0.3, -0.25) is 9.80 Å². The molecule has 1 atom stereocenters. The van der Waals surface area contributed by atoms with Crippen molar-refractivity contribution >= 4 is 37.0 Å². The molecule has 0 bridgehead atoms. The first-order valence-electron chi connectivity index (χ1n) is 11.4. The highest BCUT2D eigenvalue weighted by atomic mass is 35.5. The van der Waals surface area contributed by atoms with E-state index in [0.717, 1.165) is 45.2 Å². The number of hydrogen-bond donors (Lipinski definition) is 2. The van der Waals surface area contributed by atoms with Crippen LogP contribution in [0.4, 0.5) is 9.59 Å². The van der Waals surface area contributed by atoms with Crippen LogP contribution in [-0.2, 0) is 9.47 Å². The van der Waals surface area contributed by atoms with Gasteiger partial charge in [0.15, 0.2) is 0 Å². The van der Waals surface area contributed by atoms with E-state index < -0.39 is 0 Å². The summed E-state index contributed by atoms with van der Waals surface area (Å²) < 4.78 is 10.7. The molecule has 0 aromatic carbocycles. The molecule has 2 amide bonds. The zero-order valence-electron chi connectivity index (χ0n) is 19.5. The summed E-state index contributed by atoms with van der Waals surface area (Å²) in [6.45, 7) is 11.6. The van der Waals surface area contributed by atoms with Crippen molar-refractivity contribution in [3.8, 4) is 0 Å². The number of likely N-dealkylation sites (tertiary alicyclic amines) is 1. The highest BCUT2D eigenvalue weighted by molar-refractivity contribution is 5.85. The maximum atomic E-state index is 11.8. The molecule has 186 valence electrons. The lowest BCUT2D eigenvalue weighted by atomic mass is 10.1. The number of carbonyl (C=O) groups is 2. The van der Waals surface area contributed by atoms with Crippen molar-refractivity contribution < 1.29 is 19.1 Å². The number of nitrogens with zero attached hydrogens (tertiary/aromatic N) is 2. The van der Waals surface area contributed by atoms with Crippen molar-refractivity contribution in [1.29, 1.82) is 0 Å². The number of amides is 2. The second-order valence-corrected chi connectivity index (χ2v) is 7.47. The van der Waals surface area contributed by atoms with E-state index in [0.29, 0.717) is 45.6 Å². The molecule has 31 heavy (non-hydrogen) atoms. The van der Waals surface area contributed by atoms with E-state index in [2.05, 4.69) is 41.2 Å². The first-order chi connectivity index (χ1) is 14.1. The minimum atomic E-state index is -0.360. The quantitative estimate of drug-likeness (QED) is 0.360. The van der Waals surface area contributed by atoms with Gasteiger partial charge >= 0.3 is 12.2 Å². The first kappa shape index (κ1) is 32.2. The average molecular weight is 488 g/mol. The van der Waals surface area contributed by atoms with Crippen molar-refractivity contribution in [3.63, 3.8) is 0 Å². The highest BCUT2D eigenvalue weighted by Crippen LogP contribution is 2.19. The topological polar surface area (TPSA) is 83.1 Å². The maximum Gasteiger partial charge on any atom is 0.407 e. The van der Waals surface area contributed by atoms with Crippen LogP contribution >= 0.6 is 24.8 Å². The summed E-state index contributed by atoms with van der Waals surface area (Å²) in [5.74, 6) is 0. The zero-order valence-corrected chi connectivity index (χ0v) is 21.2. The largest absolute Gasteiger partial charge is 0.448 e. The van der Waals surface area contributed by atoms with E-state index in [-0.39, 0.29) is 37.0 Å². The number of ether oxygens (including phenoxy) is 2. The lowest BCUT2D eigenvalue weighted by Crippen LogP contribution is -2.53. The third-order valence-corrected chi connectivity index (χ3v) is 5.23. The SMILES string of the molecule is CCCCNC(=O)OCCN(CCOC(=O)NCCCC)C1CCCCN1CC.Cl.Cl. The molecule has 0 aliphatic carbocycles. The molecule has 0 aromatic rings. The second kappa shape index (κ2) is 20.9.